The molecule has 3 nitrogen and oxygen atoms in total. The molecule has 0 spiro atoms. The smallest absolute Gasteiger partial charge is 0.0998 e. The van der Waals surface area contributed by atoms with Crippen molar-refractivity contribution >= 4 is 17.3 Å². The van der Waals surface area contributed by atoms with Gasteiger partial charge in [0.2, 0.25) is 0 Å². The van der Waals surface area contributed by atoms with E-state index in [0.29, 0.717) is 11.1 Å². The third-order valence-electron chi connectivity index (χ3n) is 3.17. The fraction of sp³-hybridized carbons (Fsp3) is 0.111. The molecule has 0 heterocycles. The molecule has 0 aliphatic carbocycles. The van der Waals surface area contributed by atoms with E-state index in [0.717, 1.165) is 16.8 Å². The summed E-state index contributed by atoms with van der Waals surface area (Å²) in [7, 11) is 3.98. The molecule has 0 saturated carbocycles. The van der Waals surface area contributed by atoms with E-state index < -0.39 is 0 Å². The Morgan fingerprint density at radius 3 is 2.05 bits per heavy atom. The number of nitriles is 2. The van der Waals surface area contributed by atoms with Crippen molar-refractivity contribution in [1.29, 1.82) is 10.5 Å². The van der Waals surface area contributed by atoms with Gasteiger partial charge in [-0.3, -0.25) is 0 Å². The number of benzene rings is 2. The van der Waals surface area contributed by atoms with Crippen molar-refractivity contribution in [2.75, 3.05) is 19.0 Å². The Bertz CT molecular complexity index is 724. The van der Waals surface area contributed by atoms with Gasteiger partial charge in [-0.1, -0.05) is 24.3 Å². The van der Waals surface area contributed by atoms with E-state index in [2.05, 4.69) is 12.1 Å². The van der Waals surface area contributed by atoms with Gasteiger partial charge in [-0.05, 0) is 41.5 Å². The van der Waals surface area contributed by atoms with E-state index in [1.54, 1.807) is 24.3 Å². The highest BCUT2D eigenvalue weighted by molar-refractivity contribution is 5.89. The Labute approximate surface area is 125 Å². The molecule has 0 bridgehead atoms. The van der Waals surface area contributed by atoms with Crippen LogP contribution in [-0.2, 0) is 0 Å². The molecule has 102 valence electrons. The third-order valence-corrected chi connectivity index (χ3v) is 3.17. The van der Waals surface area contributed by atoms with Crippen molar-refractivity contribution < 1.29 is 0 Å². The van der Waals surface area contributed by atoms with Gasteiger partial charge in [0.25, 0.3) is 0 Å². The summed E-state index contributed by atoms with van der Waals surface area (Å²) >= 11 is 0. The van der Waals surface area contributed by atoms with Crippen molar-refractivity contribution in [3.63, 3.8) is 0 Å². The van der Waals surface area contributed by atoms with E-state index >= 15 is 0 Å². The van der Waals surface area contributed by atoms with Crippen LogP contribution in [-0.4, -0.2) is 14.1 Å². The average molecular weight is 273 g/mol. The summed E-state index contributed by atoms with van der Waals surface area (Å²) in [4.78, 5) is 2.03. The van der Waals surface area contributed by atoms with Crippen LogP contribution in [0.15, 0.2) is 48.5 Å². The first-order valence-electron chi connectivity index (χ1n) is 6.54. The number of hydrogen-bond donors (Lipinski definition) is 0. The zero-order valence-electron chi connectivity index (χ0n) is 12.0. The molecule has 2 rings (SSSR count). The van der Waals surface area contributed by atoms with Crippen LogP contribution in [0.3, 0.4) is 0 Å². The summed E-state index contributed by atoms with van der Waals surface area (Å²) in [5, 5.41) is 18.1. The van der Waals surface area contributed by atoms with Crippen LogP contribution in [0.25, 0.3) is 11.6 Å². The van der Waals surface area contributed by atoms with Crippen LogP contribution >= 0.6 is 0 Å². The summed E-state index contributed by atoms with van der Waals surface area (Å²) in [6.07, 6.45) is 1.85. The van der Waals surface area contributed by atoms with Gasteiger partial charge in [0.1, 0.15) is 0 Å². The molecule has 0 N–H and O–H groups in total. The molecule has 0 aliphatic rings. The van der Waals surface area contributed by atoms with E-state index in [4.69, 9.17) is 5.26 Å². The van der Waals surface area contributed by atoms with Crippen LogP contribution in [0, 0.1) is 22.7 Å². The first kappa shape index (κ1) is 14.4. The maximum Gasteiger partial charge on any atom is 0.0998 e. The fourth-order valence-electron chi connectivity index (χ4n) is 1.94. The lowest BCUT2D eigenvalue weighted by Gasteiger charge is -2.11. The highest BCUT2D eigenvalue weighted by atomic mass is 15.1. The SMILES string of the molecule is CN(C)c1ccc(/C=C(\C#N)c2ccc(C#N)cc2)cc1. The van der Waals surface area contributed by atoms with Gasteiger partial charge < -0.3 is 4.90 Å². The zero-order chi connectivity index (χ0) is 15.2. The predicted molar refractivity (Wildman–Crippen MR) is 85.4 cm³/mol. The minimum Gasteiger partial charge on any atom is -0.378 e. The maximum absolute atomic E-state index is 9.32. The minimum atomic E-state index is 0.581. The maximum atomic E-state index is 9.32. The number of hydrogen-bond acceptors (Lipinski definition) is 3. The molecule has 0 unspecified atom stereocenters. The Morgan fingerprint density at radius 2 is 1.57 bits per heavy atom. The van der Waals surface area contributed by atoms with E-state index in [9.17, 15) is 5.26 Å². The minimum absolute atomic E-state index is 0.581. The largest absolute Gasteiger partial charge is 0.378 e. The highest BCUT2D eigenvalue weighted by Gasteiger charge is 2.02. The second kappa shape index (κ2) is 6.41. The first-order chi connectivity index (χ1) is 10.1. The second-order valence-corrected chi connectivity index (χ2v) is 4.84. The monoisotopic (exact) mass is 273 g/mol. The van der Waals surface area contributed by atoms with Crippen molar-refractivity contribution in [1.82, 2.24) is 0 Å². The van der Waals surface area contributed by atoms with E-state index in [1.165, 1.54) is 0 Å². The van der Waals surface area contributed by atoms with Crippen LogP contribution in [0.5, 0.6) is 0 Å². The lowest BCUT2D eigenvalue weighted by Crippen LogP contribution is -2.07. The highest BCUT2D eigenvalue weighted by Crippen LogP contribution is 2.20. The molecule has 0 atom stereocenters. The van der Waals surface area contributed by atoms with Crippen molar-refractivity contribution in [2.24, 2.45) is 0 Å². The lowest BCUT2D eigenvalue weighted by atomic mass is 10.0. The topological polar surface area (TPSA) is 50.8 Å². The number of rotatable bonds is 3. The summed E-state index contributed by atoms with van der Waals surface area (Å²) in [5.41, 5.74) is 4.07. The number of anilines is 1. The number of allylic oxidation sites excluding steroid dienone is 1. The van der Waals surface area contributed by atoms with Gasteiger partial charge in [-0.15, -0.1) is 0 Å². The van der Waals surface area contributed by atoms with Gasteiger partial charge in [-0.2, -0.15) is 10.5 Å². The molecule has 0 aromatic heterocycles. The van der Waals surface area contributed by atoms with Crippen molar-refractivity contribution in [3.05, 3.63) is 65.2 Å². The predicted octanol–water partition coefficient (Wildman–Crippen LogP) is 3.69. The van der Waals surface area contributed by atoms with Crippen molar-refractivity contribution in [3.8, 4) is 12.1 Å². The van der Waals surface area contributed by atoms with Gasteiger partial charge >= 0.3 is 0 Å². The molecule has 21 heavy (non-hydrogen) atoms. The first-order valence-corrected chi connectivity index (χ1v) is 6.54. The summed E-state index contributed by atoms with van der Waals surface area (Å²) in [5.74, 6) is 0. The van der Waals surface area contributed by atoms with E-state index in [1.807, 2.05) is 49.3 Å². The third kappa shape index (κ3) is 3.49. The summed E-state index contributed by atoms with van der Waals surface area (Å²) in [6.45, 7) is 0. The van der Waals surface area contributed by atoms with Gasteiger partial charge in [0.15, 0.2) is 0 Å². The van der Waals surface area contributed by atoms with Crippen LogP contribution in [0.2, 0.25) is 0 Å². The Morgan fingerprint density at radius 1 is 0.952 bits per heavy atom. The molecule has 2 aromatic carbocycles. The molecule has 0 amide bonds. The summed E-state index contributed by atoms with van der Waals surface area (Å²) in [6, 6.07) is 19.3. The lowest BCUT2D eigenvalue weighted by molar-refractivity contribution is 1.13. The fourth-order valence-corrected chi connectivity index (χ4v) is 1.94. The van der Waals surface area contributed by atoms with Crippen LogP contribution < -0.4 is 4.90 Å². The molecule has 3 heteroatoms. The Kier molecular flexibility index (Phi) is 4.39. The van der Waals surface area contributed by atoms with E-state index in [-0.39, 0.29) is 0 Å². The van der Waals surface area contributed by atoms with Gasteiger partial charge in [-0.25, -0.2) is 0 Å². The molecule has 2 aromatic rings. The quantitative estimate of drug-likeness (QED) is 0.633. The molecule has 0 fully saturated rings. The number of nitrogens with zero attached hydrogens (tertiary/aromatic N) is 3. The van der Waals surface area contributed by atoms with Crippen LogP contribution in [0.4, 0.5) is 5.69 Å². The van der Waals surface area contributed by atoms with Crippen molar-refractivity contribution in [2.45, 2.75) is 0 Å². The average Bonchev–Trinajstić information content (AvgIpc) is 2.53. The Hall–Kier alpha value is -3.04. The molecule has 0 saturated heterocycles. The standard InChI is InChI=1S/C18H15N3/c1-21(2)18-9-5-14(6-10-18)11-17(13-20)16-7-3-15(12-19)4-8-16/h3-11H,1-2H3/b17-11+. The second-order valence-electron chi connectivity index (χ2n) is 4.84. The van der Waals surface area contributed by atoms with Crippen LogP contribution in [0.1, 0.15) is 16.7 Å². The molecular formula is C18H15N3. The Balaban J connectivity index is 2.32. The zero-order valence-corrected chi connectivity index (χ0v) is 12.0. The normalized spacial score (nSPS) is 10.6. The molecule has 0 radical (unpaired) electrons. The summed E-state index contributed by atoms with van der Waals surface area (Å²) < 4.78 is 0. The molecular weight excluding hydrogens is 258 g/mol. The van der Waals surface area contributed by atoms with Gasteiger partial charge in [0.05, 0.1) is 23.3 Å². The molecule has 0 aliphatic heterocycles. The van der Waals surface area contributed by atoms with Gasteiger partial charge in [0, 0.05) is 19.8 Å².